The molecule has 3 rings (SSSR count). The van der Waals surface area contributed by atoms with Gasteiger partial charge in [0.25, 0.3) is 5.91 Å². The van der Waals surface area contributed by atoms with Crippen LogP contribution in [-0.2, 0) is 4.79 Å². The third-order valence-corrected chi connectivity index (χ3v) is 3.75. The van der Waals surface area contributed by atoms with E-state index < -0.39 is 0 Å². The zero-order valence-electron chi connectivity index (χ0n) is 14.4. The van der Waals surface area contributed by atoms with Crippen molar-refractivity contribution in [3.05, 3.63) is 54.6 Å². The molecule has 1 heterocycles. The fourth-order valence-corrected chi connectivity index (χ4v) is 2.50. The Labute approximate surface area is 147 Å². The summed E-state index contributed by atoms with van der Waals surface area (Å²) in [7, 11) is 0. The Kier molecular flexibility index (Phi) is 5.23. The molecule has 0 radical (unpaired) electrons. The van der Waals surface area contributed by atoms with Crippen LogP contribution in [0.1, 0.15) is 13.8 Å². The van der Waals surface area contributed by atoms with E-state index >= 15 is 0 Å². The van der Waals surface area contributed by atoms with E-state index in [-0.39, 0.29) is 12.5 Å². The van der Waals surface area contributed by atoms with Crippen LogP contribution in [0.2, 0.25) is 0 Å². The normalized spacial score (nSPS) is 10.8. The molecule has 1 aromatic heterocycles. The Bertz CT molecular complexity index is 863. The molecule has 0 saturated heterocycles. The van der Waals surface area contributed by atoms with Crippen LogP contribution < -0.4 is 10.1 Å². The Morgan fingerprint density at radius 1 is 1.00 bits per heavy atom. The maximum atomic E-state index is 11.9. The third kappa shape index (κ3) is 4.12. The van der Waals surface area contributed by atoms with Gasteiger partial charge >= 0.3 is 0 Å². The van der Waals surface area contributed by atoms with Gasteiger partial charge in [0.15, 0.2) is 6.61 Å². The number of carbonyl (C=O) groups excluding carboxylic acids is 1. The number of hydrogen-bond donors (Lipinski definition) is 1. The second-order valence-electron chi connectivity index (χ2n) is 6.25. The van der Waals surface area contributed by atoms with Crippen molar-refractivity contribution in [2.24, 2.45) is 5.92 Å². The van der Waals surface area contributed by atoms with Crippen LogP contribution in [0.15, 0.2) is 54.6 Å². The molecule has 3 aromatic rings. The number of ether oxygens (including phenoxy) is 1. The molecule has 1 N–H and O–H groups in total. The van der Waals surface area contributed by atoms with Gasteiger partial charge in [-0.2, -0.15) is 0 Å². The van der Waals surface area contributed by atoms with Gasteiger partial charge < -0.3 is 10.1 Å². The van der Waals surface area contributed by atoms with Gasteiger partial charge in [0.1, 0.15) is 5.69 Å². The van der Waals surface area contributed by atoms with E-state index in [0.29, 0.717) is 18.3 Å². The Morgan fingerprint density at radius 2 is 1.68 bits per heavy atom. The van der Waals surface area contributed by atoms with Gasteiger partial charge in [0.05, 0.1) is 0 Å². The smallest absolute Gasteiger partial charge is 0.258 e. The predicted octanol–water partition coefficient (Wildman–Crippen LogP) is 3.45. The van der Waals surface area contributed by atoms with Crippen molar-refractivity contribution in [2.75, 3.05) is 13.2 Å². The highest BCUT2D eigenvalue weighted by atomic mass is 16.5. The standard InChI is InChI=1S/C20H21N3O2/c1-14(2)12-21-18(24)13-25-20-17-11-7-6-10-16(17)19(22-23-20)15-8-4-3-5-9-15/h3-11,14H,12-13H2,1-2H3,(H,21,24). The molecule has 0 atom stereocenters. The van der Waals surface area contributed by atoms with E-state index in [9.17, 15) is 4.79 Å². The highest BCUT2D eigenvalue weighted by Crippen LogP contribution is 2.30. The zero-order chi connectivity index (χ0) is 17.6. The van der Waals surface area contributed by atoms with Gasteiger partial charge in [-0.25, -0.2) is 0 Å². The lowest BCUT2D eigenvalue weighted by molar-refractivity contribution is -0.123. The first-order chi connectivity index (χ1) is 12.1. The predicted molar refractivity (Wildman–Crippen MR) is 98.3 cm³/mol. The van der Waals surface area contributed by atoms with Crippen molar-refractivity contribution in [3.8, 4) is 17.1 Å². The number of rotatable bonds is 6. The van der Waals surface area contributed by atoms with Crippen LogP contribution >= 0.6 is 0 Å². The molecule has 0 spiro atoms. The summed E-state index contributed by atoms with van der Waals surface area (Å²) < 4.78 is 5.62. The molecule has 25 heavy (non-hydrogen) atoms. The molecule has 0 fully saturated rings. The van der Waals surface area contributed by atoms with Gasteiger partial charge in [-0.15, -0.1) is 10.2 Å². The number of carbonyl (C=O) groups is 1. The largest absolute Gasteiger partial charge is 0.466 e. The summed E-state index contributed by atoms with van der Waals surface area (Å²) in [5.74, 6) is 0.608. The monoisotopic (exact) mass is 335 g/mol. The van der Waals surface area contributed by atoms with E-state index in [4.69, 9.17) is 4.74 Å². The summed E-state index contributed by atoms with van der Waals surface area (Å²) in [6.45, 7) is 4.64. The van der Waals surface area contributed by atoms with E-state index in [1.807, 2.05) is 68.4 Å². The van der Waals surface area contributed by atoms with Crippen molar-refractivity contribution in [1.82, 2.24) is 15.5 Å². The SMILES string of the molecule is CC(C)CNC(=O)COc1nnc(-c2ccccc2)c2ccccc12. The average molecular weight is 335 g/mol. The van der Waals surface area contributed by atoms with Gasteiger partial charge in [0.2, 0.25) is 5.88 Å². The fraction of sp³-hybridized carbons (Fsp3) is 0.250. The summed E-state index contributed by atoms with van der Waals surface area (Å²) in [6, 6.07) is 17.7. The molecule has 1 amide bonds. The van der Waals surface area contributed by atoms with Crippen molar-refractivity contribution in [2.45, 2.75) is 13.8 Å². The maximum Gasteiger partial charge on any atom is 0.258 e. The second kappa shape index (κ2) is 7.75. The van der Waals surface area contributed by atoms with E-state index in [0.717, 1.165) is 22.0 Å². The molecule has 0 aliphatic carbocycles. The first-order valence-corrected chi connectivity index (χ1v) is 8.35. The Morgan fingerprint density at radius 3 is 2.40 bits per heavy atom. The number of hydrogen-bond acceptors (Lipinski definition) is 4. The molecular weight excluding hydrogens is 314 g/mol. The lowest BCUT2D eigenvalue weighted by atomic mass is 10.1. The maximum absolute atomic E-state index is 11.9. The topological polar surface area (TPSA) is 64.1 Å². The Hall–Kier alpha value is -2.95. The number of nitrogens with one attached hydrogen (secondary N) is 1. The minimum absolute atomic E-state index is 0.0733. The quantitative estimate of drug-likeness (QED) is 0.749. The van der Waals surface area contributed by atoms with Crippen LogP contribution in [0.3, 0.4) is 0 Å². The van der Waals surface area contributed by atoms with E-state index in [2.05, 4.69) is 15.5 Å². The summed E-state index contributed by atoms with van der Waals surface area (Å²) in [5.41, 5.74) is 1.79. The number of nitrogens with zero attached hydrogens (tertiary/aromatic N) is 2. The molecule has 0 aliphatic heterocycles. The summed E-state index contributed by atoms with van der Waals surface area (Å²) in [6.07, 6.45) is 0. The molecule has 0 saturated carbocycles. The van der Waals surface area contributed by atoms with E-state index in [1.54, 1.807) is 0 Å². The lowest BCUT2D eigenvalue weighted by Gasteiger charge is -2.11. The first kappa shape index (κ1) is 16.9. The molecule has 128 valence electrons. The van der Waals surface area contributed by atoms with Crippen LogP contribution in [0.4, 0.5) is 0 Å². The first-order valence-electron chi connectivity index (χ1n) is 8.35. The van der Waals surface area contributed by atoms with Crippen LogP contribution in [0, 0.1) is 5.92 Å². The van der Waals surface area contributed by atoms with Crippen molar-refractivity contribution >= 4 is 16.7 Å². The third-order valence-electron chi connectivity index (χ3n) is 3.75. The molecule has 0 unspecified atom stereocenters. The van der Waals surface area contributed by atoms with Crippen LogP contribution in [0.5, 0.6) is 5.88 Å². The zero-order valence-corrected chi connectivity index (χ0v) is 14.4. The van der Waals surface area contributed by atoms with E-state index in [1.165, 1.54) is 0 Å². The lowest BCUT2D eigenvalue weighted by Crippen LogP contribution is -2.31. The number of amides is 1. The molecule has 5 nitrogen and oxygen atoms in total. The number of fused-ring (bicyclic) bond motifs is 1. The van der Waals surface area contributed by atoms with Crippen molar-refractivity contribution in [3.63, 3.8) is 0 Å². The fourth-order valence-electron chi connectivity index (χ4n) is 2.50. The highest BCUT2D eigenvalue weighted by molar-refractivity contribution is 5.97. The number of aromatic nitrogens is 2. The molecular formula is C20H21N3O2. The van der Waals surface area contributed by atoms with Crippen molar-refractivity contribution in [1.29, 1.82) is 0 Å². The van der Waals surface area contributed by atoms with Gasteiger partial charge in [-0.1, -0.05) is 62.4 Å². The molecule has 0 bridgehead atoms. The minimum Gasteiger partial charge on any atom is -0.466 e. The average Bonchev–Trinajstić information content (AvgIpc) is 2.65. The number of benzene rings is 2. The molecule has 5 heteroatoms. The van der Waals surface area contributed by atoms with Crippen LogP contribution in [0.25, 0.3) is 22.0 Å². The highest BCUT2D eigenvalue weighted by Gasteiger charge is 2.12. The second-order valence-corrected chi connectivity index (χ2v) is 6.25. The summed E-state index contributed by atoms with van der Waals surface area (Å²) >= 11 is 0. The van der Waals surface area contributed by atoms with Crippen molar-refractivity contribution < 1.29 is 9.53 Å². The summed E-state index contributed by atoms with van der Waals surface area (Å²) in [5, 5.41) is 13.1. The molecule has 0 aliphatic rings. The van der Waals surface area contributed by atoms with Gasteiger partial charge in [0, 0.05) is 22.9 Å². The van der Waals surface area contributed by atoms with Gasteiger partial charge in [-0.05, 0) is 12.0 Å². The Balaban J connectivity index is 1.85. The van der Waals surface area contributed by atoms with Gasteiger partial charge in [-0.3, -0.25) is 4.79 Å². The minimum atomic E-state index is -0.160. The van der Waals surface area contributed by atoms with Crippen LogP contribution in [-0.4, -0.2) is 29.3 Å². The summed E-state index contributed by atoms with van der Waals surface area (Å²) in [4.78, 5) is 11.9. The molecule has 2 aromatic carbocycles.